The lowest BCUT2D eigenvalue weighted by Crippen LogP contribution is -2.48. The second-order valence-corrected chi connectivity index (χ2v) is 8.61. The third-order valence-corrected chi connectivity index (χ3v) is 5.65. The van der Waals surface area contributed by atoms with Crippen LogP contribution in [0.25, 0.3) is 0 Å². The Morgan fingerprint density at radius 2 is 1.78 bits per heavy atom. The quantitative estimate of drug-likeness (QED) is 0.523. The van der Waals surface area contributed by atoms with Crippen LogP contribution in [0.15, 0.2) is 58.5 Å². The summed E-state index contributed by atoms with van der Waals surface area (Å²) >= 11 is 11.9. The van der Waals surface area contributed by atoms with E-state index < -0.39 is 22.0 Å². The molecular weight excluding hydrogens is 409 g/mol. The Balaban J connectivity index is 2.10. The fraction of sp³-hybridized carbons (Fsp3) is 0.222. The molecular formula is C18H19Cl2N3O3S. The van der Waals surface area contributed by atoms with Gasteiger partial charge in [0, 0.05) is 10.6 Å². The normalized spacial score (nSPS) is 13.1. The molecule has 0 aromatic heterocycles. The van der Waals surface area contributed by atoms with Crippen LogP contribution in [-0.2, 0) is 14.8 Å². The van der Waals surface area contributed by atoms with E-state index in [1.165, 1.54) is 18.3 Å². The van der Waals surface area contributed by atoms with Gasteiger partial charge in [-0.15, -0.1) is 0 Å². The summed E-state index contributed by atoms with van der Waals surface area (Å²) in [6, 6.07) is 11.7. The first-order valence-corrected chi connectivity index (χ1v) is 10.3. The van der Waals surface area contributed by atoms with E-state index in [0.29, 0.717) is 15.6 Å². The third kappa shape index (κ3) is 6.04. The van der Waals surface area contributed by atoms with Crippen molar-refractivity contribution in [2.75, 3.05) is 0 Å². The molecule has 1 unspecified atom stereocenters. The van der Waals surface area contributed by atoms with Crippen molar-refractivity contribution in [1.29, 1.82) is 0 Å². The third-order valence-electron chi connectivity index (χ3n) is 3.63. The summed E-state index contributed by atoms with van der Waals surface area (Å²) in [7, 11) is -3.84. The molecule has 6 nitrogen and oxygen atoms in total. The SMILES string of the molecule is CC(C)C(NS(=O)(=O)c1ccccc1)C(=O)NN=Cc1ccc(Cl)cc1Cl. The van der Waals surface area contributed by atoms with Gasteiger partial charge in [0.25, 0.3) is 5.91 Å². The molecule has 0 saturated carbocycles. The molecule has 27 heavy (non-hydrogen) atoms. The summed E-state index contributed by atoms with van der Waals surface area (Å²) < 4.78 is 27.3. The highest BCUT2D eigenvalue weighted by Gasteiger charge is 2.28. The molecule has 0 bridgehead atoms. The van der Waals surface area contributed by atoms with Crippen molar-refractivity contribution in [3.05, 3.63) is 64.1 Å². The average molecular weight is 428 g/mol. The summed E-state index contributed by atoms with van der Waals surface area (Å²) in [5, 5.41) is 4.71. The Labute approximate surface area is 168 Å². The number of amides is 1. The maximum Gasteiger partial charge on any atom is 0.258 e. The minimum Gasteiger partial charge on any atom is -0.271 e. The zero-order valence-corrected chi connectivity index (χ0v) is 17.0. The molecule has 1 atom stereocenters. The van der Waals surface area contributed by atoms with E-state index in [0.717, 1.165) is 0 Å². The first-order valence-electron chi connectivity index (χ1n) is 8.06. The zero-order chi connectivity index (χ0) is 20.0. The maximum atomic E-state index is 12.5. The van der Waals surface area contributed by atoms with Gasteiger partial charge in [0.05, 0.1) is 16.1 Å². The van der Waals surface area contributed by atoms with E-state index >= 15 is 0 Å². The minimum absolute atomic E-state index is 0.0832. The van der Waals surface area contributed by atoms with Gasteiger partial charge in [-0.05, 0) is 30.2 Å². The molecule has 1 amide bonds. The van der Waals surface area contributed by atoms with Crippen LogP contribution in [0, 0.1) is 5.92 Å². The number of carbonyl (C=O) groups is 1. The highest BCUT2D eigenvalue weighted by molar-refractivity contribution is 7.89. The highest BCUT2D eigenvalue weighted by atomic mass is 35.5. The van der Waals surface area contributed by atoms with Crippen LogP contribution in [-0.4, -0.2) is 26.6 Å². The molecule has 0 saturated heterocycles. The average Bonchev–Trinajstić information content (AvgIpc) is 2.62. The molecule has 2 N–H and O–H groups in total. The number of hydrazone groups is 1. The maximum absolute atomic E-state index is 12.5. The van der Waals surface area contributed by atoms with Gasteiger partial charge in [-0.3, -0.25) is 4.79 Å². The Morgan fingerprint density at radius 1 is 1.11 bits per heavy atom. The molecule has 2 aromatic carbocycles. The van der Waals surface area contributed by atoms with Gasteiger partial charge in [-0.25, -0.2) is 13.8 Å². The van der Waals surface area contributed by atoms with Crippen LogP contribution >= 0.6 is 23.2 Å². The summed E-state index contributed by atoms with van der Waals surface area (Å²) in [6.07, 6.45) is 1.36. The van der Waals surface area contributed by atoms with Crippen molar-refractivity contribution in [2.24, 2.45) is 11.0 Å². The van der Waals surface area contributed by atoms with Gasteiger partial charge in [-0.2, -0.15) is 9.82 Å². The van der Waals surface area contributed by atoms with Crippen LogP contribution in [0.2, 0.25) is 10.0 Å². The lowest BCUT2D eigenvalue weighted by Gasteiger charge is -2.20. The molecule has 0 fully saturated rings. The predicted molar refractivity (Wildman–Crippen MR) is 108 cm³/mol. The number of nitrogens with zero attached hydrogens (tertiary/aromatic N) is 1. The summed E-state index contributed by atoms with van der Waals surface area (Å²) in [5.74, 6) is -0.872. The zero-order valence-electron chi connectivity index (χ0n) is 14.7. The van der Waals surface area contributed by atoms with Crippen molar-refractivity contribution in [2.45, 2.75) is 24.8 Å². The number of nitrogens with one attached hydrogen (secondary N) is 2. The van der Waals surface area contributed by atoms with Crippen molar-refractivity contribution in [3.63, 3.8) is 0 Å². The lowest BCUT2D eigenvalue weighted by molar-refractivity contribution is -0.123. The van der Waals surface area contributed by atoms with Crippen LogP contribution < -0.4 is 10.1 Å². The standard InChI is InChI=1S/C18H19Cl2N3O3S/c1-12(2)17(23-27(25,26)15-6-4-3-5-7-15)18(24)22-21-11-13-8-9-14(19)10-16(13)20/h3-12,17,23H,1-2H3,(H,22,24). The Kier molecular flexibility index (Phi) is 7.38. The molecule has 9 heteroatoms. The van der Waals surface area contributed by atoms with Crippen LogP contribution in [0.1, 0.15) is 19.4 Å². The Bertz CT molecular complexity index is 932. The van der Waals surface area contributed by atoms with E-state index in [2.05, 4.69) is 15.2 Å². The number of benzene rings is 2. The smallest absolute Gasteiger partial charge is 0.258 e. The number of hydrogen-bond donors (Lipinski definition) is 2. The summed E-state index contributed by atoms with van der Waals surface area (Å²) in [6.45, 7) is 3.47. The second-order valence-electron chi connectivity index (χ2n) is 6.06. The number of carbonyl (C=O) groups excluding carboxylic acids is 1. The minimum atomic E-state index is -3.84. The second kappa shape index (κ2) is 9.32. The number of rotatable bonds is 7. The van der Waals surface area contributed by atoms with E-state index in [1.807, 2.05) is 0 Å². The first kappa shape index (κ1) is 21.4. The van der Waals surface area contributed by atoms with Gasteiger partial charge in [0.1, 0.15) is 6.04 Å². The van der Waals surface area contributed by atoms with Crippen LogP contribution in [0.4, 0.5) is 0 Å². The number of halogens is 2. The first-order chi connectivity index (χ1) is 12.7. The summed E-state index contributed by atoms with van der Waals surface area (Å²) in [4.78, 5) is 12.5. The van der Waals surface area contributed by atoms with Crippen LogP contribution in [0.3, 0.4) is 0 Å². The Hall–Kier alpha value is -1.93. The van der Waals surface area contributed by atoms with Crippen molar-refractivity contribution in [3.8, 4) is 0 Å². The molecule has 144 valence electrons. The fourth-order valence-corrected chi connectivity index (χ4v) is 3.99. The molecule has 0 aliphatic rings. The molecule has 2 aromatic rings. The molecule has 0 radical (unpaired) electrons. The van der Waals surface area contributed by atoms with E-state index in [9.17, 15) is 13.2 Å². The van der Waals surface area contributed by atoms with E-state index in [4.69, 9.17) is 23.2 Å². The molecule has 0 aliphatic carbocycles. The topological polar surface area (TPSA) is 87.6 Å². The van der Waals surface area contributed by atoms with Crippen LogP contribution in [0.5, 0.6) is 0 Å². The fourth-order valence-electron chi connectivity index (χ4n) is 2.17. The van der Waals surface area contributed by atoms with Gasteiger partial charge in [-0.1, -0.05) is 61.3 Å². The summed E-state index contributed by atoms with van der Waals surface area (Å²) in [5.41, 5.74) is 2.90. The Morgan fingerprint density at radius 3 is 2.37 bits per heavy atom. The largest absolute Gasteiger partial charge is 0.271 e. The van der Waals surface area contributed by atoms with E-state index in [-0.39, 0.29) is 10.8 Å². The number of sulfonamides is 1. The van der Waals surface area contributed by atoms with E-state index in [1.54, 1.807) is 50.2 Å². The highest BCUT2D eigenvalue weighted by Crippen LogP contribution is 2.19. The monoisotopic (exact) mass is 427 g/mol. The lowest BCUT2D eigenvalue weighted by atomic mass is 10.1. The molecule has 0 spiro atoms. The molecule has 2 rings (SSSR count). The van der Waals surface area contributed by atoms with Crippen molar-refractivity contribution >= 4 is 45.3 Å². The van der Waals surface area contributed by atoms with Gasteiger partial charge in [0.2, 0.25) is 10.0 Å². The predicted octanol–water partition coefficient (Wildman–Crippen LogP) is 3.45. The van der Waals surface area contributed by atoms with Gasteiger partial charge in [0.15, 0.2) is 0 Å². The molecule has 0 heterocycles. The van der Waals surface area contributed by atoms with Crippen molar-refractivity contribution in [1.82, 2.24) is 10.1 Å². The van der Waals surface area contributed by atoms with Gasteiger partial charge >= 0.3 is 0 Å². The van der Waals surface area contributed by atoms with Crippen molar-refractivity contribution < 1.29 is 13.2 Å². The van der Waals surface area contributed by atoms with Gasteiger partial charge < -0.3 is 0 Å². The number of hydrogen-bond acceptors (Lipinski definition) is 4. The molecule has 0 aliphatic heterocycles.